The molecule has 0 bridgehead atoms. The van der Waals surface area contributed by atoms with E-state index in [1.165, 1.54) is 0 Å². The summed E-state index contributed by atoms with van der Waals surface area (Å²) in [5, 5.41) is 2.24. The molecule has 1 aromatic rings. The highest BCUT2D eigenvalue weighted by atomic mass is 16.2. The predicted octanol–water partition coefficient (Wildman–Crippen LogP) is 1.54. The van der Waals surface area contributed by atoms with Crippen LogP contribution in [0.3, 0.4) is 0 Å². The number of hydrogen-bond acceptors (Lipinski definition) is 3. The van der Waals surface area contributed by atoms with Crippen molar-refractivity contribution >= 4 is 17.8 Å². The van der Waals surface area contributed by atoms with E-state index in [4.69, 9.17) is 0 Å². The molecule has 1 N–H and O–H groups in total. The normalized spacial score (nSPS) is 19.8. The molecule has 1 unspecified atom stereocenters. The molecule has 1 aliphatic rings. The Hall–Kier alpha value is -2.17. The Kier molecular flexibility index (Phi) is 3.64. The summed E-state index contributed by atoms with van der Waals surface area (Å²) < 4.78 is 0. The van der Waals surface area contributed by atoms with Crippen molar-refractivity contribution in [2.45, 2.75) is 20.4 Å². The van der Waals surface area contributed by atoms with Crippen LogP contribution in [0.4, 0.5) is 4.79 Å². The lowest BCUT2D eigenvalue weighted by atomic mass is 9.92. The number of amides is 4. The van der Waals surface area contributed by atoms with Crippen LogP contribution in [0.15, 0.2) is 30.3 Å². The van der Waals surface area contributed by atoms with E-state index in [1.54, 1.807) is 13.8 Å². The minimum atomic E-state index is -0.790. The van der Waals surface area contributed by atoms with Gasteiger partial charge in [0, 0.05) is 0 Å². The van der Waals surface area contributed by atoms with Crippen molar-refractivity contribution in [3.63, 3.8) is 0 Å². The molecule has 5 heteroatoms. The Morgan fingerprint density at radius 1 is 1.16 bits per heavy atom. The van der Waals surface area contributed by atoms with Crippen LogP contribution in [0.25, 0.3) is 0 Å². The van der Waals surface area contributed by atoms with E-state index in [2.05, 4.69) is 5.32 Å². The third-order valence-electron chi connectivity index (χ3n) is 3.14. The van der Waals surface area contributed by atoms with Gasteiger partial charge < -0.3 is 0 Å². The highest BCUT2D eigenvalue weighted by Gasteiger charge is 2.41. The molecule has 4 amide bonds. The van der Waals surface area contributed by atoms with Crippen molar-refractivity contribution in [3.8, 4) is 0 Å². The van der Waals surface area contributed by atoms with Gasteiger partial charge in [-0.05, 0) is 11.5 Å². The van der Waals surface area contributed by atoms with Crippen LogP contribution < -0.4 is 5.32 Å². The fourth-order valence-corrected chi connectivity index (χ4v) is 2.13. The molecule has 1 aromatic carbocycles. The topological polar surface area (TPSA) is 66.5 Å². The second-order valence-electron chi connectivity index (χ2n) is 4.93. The summed E-state index contributed by atoms with van der Waals surface area (Å²) in [6.07, 6.45) is 0. The van der Waals surface area contributed by atoms with Crippen molar-refractivity contribution < 1.29 is 14.4 Å². The van der Waals surface area contributed by atoms with Crippen LogP contribution in [0, 0.1) is 11.8 Å². The Bertz CT molecular complexity index is 511. The average Bonchev–Trinajstić information content (AvgIpc) is 2.35. The number of hydrogen-bond donors (Lipinski definition) is 1. The van der Waals surface area contributed by atoms with E-state index in [0.29, 0.717) is 0 Å². The molecule has 0 aliphatic carbocycles. The highest BCUT2D eigenvalue weighted by molar-refractivity contribution is 6.16. The average molecular weight is 260 g/mol. The molecule has 1 atom stereocenters. The second kappa shape index (κ2) is 5.22. The summed E-state index contributed by atoms with van der Waals surface area (Å²) >= 11 is 0. The first kappa shape index (κ1) is 13.3. The van der Waals surface area contributed by atoms with Gasteiger partial charge >= 0.3 is 6.03 Å². The Balaban J connectivity index is 2.22. The number of carbonyl (C=O) groups is 3. The van der Waals surface area contributed by atoms with Crippen molar-refractivity contribution in [1.82, 2.24) is 10.2 Å². The van der Waals surface area contributed by atoms with Gasteiger partial charge in [-0.3, -0.25) is 19.8 Å². The maximum absolute atomic E-state index is 12.2. The lowest BCUT2D eigenvalue weighted by molar-refractivity contribution is -0.144. The Morgan fingerprint density at radius 3 is 2.37 bits per heavy atom. The number of carbonyl (C=O) groups excluding carboxylic acids is 3. The van der Waals surface area contributed by atoms with Gasteiger partial charge in [-0.25, -0.2) is 4.79 Å². The third-order valence-corrected chi connectivity index (χ3v) is 3.14. The molecular formula is C14H16N2O3. The molecule has 19 heavy (non-hydrogen) atoms. The SMILES string of the molecule is CC(C)C1C(=O)NC(=O)N(Cc2ccccc2)C1=O. The van der Waals surface area contributed by atoms with E-state index in [0.717, 1.165) is 10.5 Å². The van der Waals surface area contributed by atoms with E-state index < -0.39 is 23.8 Å². The molecule has 100 valence electrons. The smallest absolute Gasteiger partial charge is 0.277 e. The number of nitrogens with one attached hydrogen (secondary N) is 1. The number of rotatable bonds is 3. The monoisotopic (exact) mass is 260 g/mol. The van der Waals surface area contributed by atoms with Gasteiger partial charge in [-0.2, -0.15) is 0 Å². The van der Waals surface area contributed by atoms with E-state index >= 15 is 0 Å². The van der Waals surface area contributed by atoms with Gasteiger partial charge in [0.15, 0.2) is 0 Å². The molecule has 0 radical (unpaired) electrons. The molecule has 0 saturated carbocycles. The molecule has 5 nitrogen and oxygen atoms in total. The molecule has 1 fully saturated rings. The van der Waals surface area contributed by atoms with E-state index in [9.17, 15) is 14.4 Å². The van der Waals surface area contributed by atoms with Crippen molar-refractivity contribution in [2.24, 2.45) is 11.8 Å². The fourth-order valence-electron chi connectivity index (χ4n) is 2.13. The summed E-state index contributed by atoms with van der Waals surface area (Å²) in [6, 6.07) is 8.57. The van der Waals surface area contributed by atoms with Crippen molar-refractivity contribution in [2.75, 3.05) is 0 Å². The summed E-state index contributed by atoms with van der Waals surface area (Å²) in [7, 11) is 0. The zero-order valence-electron chi connectivity index (χ0n) is 10.9. The van der Waals surface area contributed by atoms with E-state index in [-0.39, 0.29) is 12.5 Å². The van der Waals surface area contributed by atoms with Crippen molar-refractivity contribution in [3.05, 3.63) is 35.9 Å². The van der Waals surface area contributed by atoms with Crippen LogP contribution >= 0.6 is 0 Å². The van der Waals surface area contributed by atoms with Crippen LogP contribution in [0.1, 0.15) is 19.4 Å². The predicted molar refractivity (Wildman–Crippen MR) is 68.9 cm³/mol. The van der Waals surface area contributed by atoms with Crippen molar-refractivity contribution in [1.29, 1.82) is 0 Å². The van der Waals surface area contributed by atoms with Gasteiger partial charge in [0.25, 0.3) is 0 Å². The lowest BCUT2D eigenvalue weighted by Gasteiger charge is -2.31. The summed E-state index contributed by atoms with van der Waals surface area (Å²) in [6.45, 7) is 3.76. The number of urea groups is 1. The van der Waals surface area contributed by atoms with Crippen LogP contribution in [0.5, 0.6) is 0 Å². The van der Waals surface area contributed by atoms with Gasteiger partial charge in [0.1, 0.15) is 5.92 Å². The van der Waals surface area contributed by atoms with Crippen LogP contribution in [-0.4, -0.2) is 22.7 Å². The highest BCUT2D eigenvalue weighted by Crippen LogP contribution is 2.20. The number of barbiturate groups is 1. The first-order valence-corrected chi connectivity index (χ1v) is 6.21. The molecule has 0 spiro atoms. The number of nitrogens with zero attached hydrogens (tertiary/aromatic N) is 1. The molecule has 1 heterocycles. The minimum Gasteiger partial charge on any atom is -0.277 e. The fraction of sp³-hybridized carbons (Fsp3) is 0.357. The summed E-state index contributed by atoms with van der Waals surface area (Å²) in [4.78, 5) is 36.8. The number of benzene rings is 1. The zero-order valence-corrected chi connectivity index (χ0v) is 10.9. The van der Waals surface area contributed by atoms with Gasteiger partial charge in [-0.1, -0.05) is 44.2 Å². The van der Waals surface area contributed by atoms with Gasteiger partial charge in [0.2, 0.25) is 11.8 Å². The first-order valence-electron chi connectivity index (χ1n) is 6.21. The maximum atomic E-state index is 12.2. The zero-order chi connectivity index (χ0) is 14.0. The Morgan fingerprint density at radius 2 is 1.79 bits per heavy atom. The van der Waals surface area contributed by atoms with E-state index in [1.807, 2.05) is 30.3 Å². The standard InChI is InChI=1S/C14H16N2O3/c1-9(2)11-12(17)15-14(19)16(13(11)18)8-10-6-4-3-5-7-10/h3-7,9,11H,8H2,1-2H3,(H,15,17,19). The van der Waals surface area contributed by atoms with Gasteiger partial charge in [-0.15, -0.1) is 0 Å². The molecule has 0 aromatic heterocycles. The lowest BCUT2D eigenvalue weighted by Crippen LogP contribution is -2.58. The summed E-state index contributed by atoms with van der Waals surface area (Å²) in [5.74, 6) is -1.86. The first-order chi connectivity index (χ1) is 9.00. The third kappa shape index (κ3) is 2.65. The molecule has 1 aliphatic heterocycles. The quantitative estimate of drug-likeness (QED) is 0.838. The van der Waals surface area contributed by atoms with Crippen LogP contribution in [-0.2, 0) is 16.1 Å². The largest absolute Gasteiger partial charge is 0.331 e. The maximum Gasteiger partial charge on any atom is 0.331 e. The molecule has 1 saturated heterocycles. The molecular weight excluding hydrogens is 244 g/mol. The van der Waals surface area contributed by atoms with Crippen LogP contribution in [0.2, 0.25) is 0 Å². The van der Waals surface area contributed by atoms with Gasteiger partial charge in [0.05, 0.1) is 6.54 Å². The minimum absolute atomic E-state index is 0.140. The Labute approximate surface area is 111 Å². The number of imide groups is 2. The molecule has 2 rings (SSSR count). The second-order valence-corrected chi connectivity index (χ2v) is 4.93. The summed E-state index contributed by atoms with van der Waals surface area (Å²) in [5.41, 5.74) is 0.850.